The van der Waals surface area contributed by atoms with Crippen molar-refractivity contribution >= 4 is 27.8 Å². The predicted octanol–water partition coefficient (Wildman–Crippen LogP) is 3.73. The predicted molar refractivity (Wildman–Crippen MR) is 91.7 cm³/mol. The molecule has 25 heavy (non-hydrogen) atoms. The highest BCUT2D eigenvalue weighted by Crippen LogP contribution is 2.32. The number of nitriles is 1. The van der Waals surface area contributed by atoms with E-state index in [1.807, 2.05) is 25.1 Å². The van der Waals surface area contributed by atoms with Crippen LogP contribution in [0.3, 0.4) is 0 Å². The van der Waals surface area contributed by atoms with E-state index in [0.29, 0.717) is 28.0 Å². The van der Waals surface area contributed by atoms with Crippen LogP contribution in [-0.2, 0) is 0 Å². The SMILES string of the molecule is COc1cc(C)c2[nH]ccc2c1C(=O)c1nc2cc(C#N)ccc2o1. The van der Waals surface area contributed by atoms with E-state index in [1.165, 1.54) is 7.11 Å². The zero-order valence-electron chi connectivity index (χ0n) is 13.6. The molecule has 6 heteroatoms. The van der Waals surface area contributed by atoms with Gasteiger partial charge < -0.3 is 14.1 Å². The minimum absolute atomic E-state index is 0.0326. The minimum atomic E-state index is -0.365. The summed E-state index contributed by atoms with van der Waals surface area (Å²) in [5, 5.41) is 9.74. The number of H-pyrrole nitrogens is 1. The molecule has 2 aromatic carbocycles. The normalized spacial score (nSPS) is 10.9. The molecule has 0 saturated carbocycles. The lowest BCUT2D eigenvalue weighted by Crippen LogP contribution is -2.05. The zero-order valence-corrected chi connectivity index (χ0v) is 13.6. The number of hydrogen-bond acceptors (Lipinski definition) is 5. The van der Waals surface area contributed by atoms with Crippen molar-refractivity contribution in [2.75, 3.05) is 7.11 Å². The maximum atomic E-state index is 13.1. The van der Waals surface area contributed by atoms with E-state index >= 15 is 0 Å². The number of aryl methyl sites for hydroxylation is 1. The van der Waals surface area contributed by atoms with Crippen molar-refractivity contribution in [2.45, 2.75) is 6.92 Å². The first-order valence-electron chi connectivity index (χ1n) is 7.62. The number of nitrogens with one attached hydrogen (secondary N) is 1. The van der Waals surface area contributed by atoms with Crippen molar-refractivity contribution < 1.29 is 13.9 Å². The first-order valence-corrected chi connectivity index (χ1v) is 7.62. The van der Waals surface area contributed by atoms with Gasteiger partial charge in [-0.25, -0.2) is 4.98 Å². The van der Waals surface area contributed by atoms with Crippen LogP contribution in [-0.4, -0.2) is 22.9 Å². The largest absolute Gasteiger partial charge is 0.496 e. The molecule has 6 nitrogen and oxygen atoms in total. The van der Waals surface area contributed by atoms with Gasteiger partial charge in [0.25, 0.3) is 11.7 Å². The van der Waals surface area contributed by atoms with Gasteiger partial charge in [-0.1, -0.05) is 0 Å². The fourth-order valence-corrected chi connectivity index (χ4v) is 2.97. The fourth-order valence-electron chi connectivity index (χ4n) is 2.97. The second-order valence-electron chi connectivity index (χ2n) is 5.68. The number of ketones is 1. The second-order valence-corrected chi connectivity index (χ2v) is 5.68. The molecule has 0 amide bonds. The average Bonchev–Trinajstić information content (AvgIpc) is 3.27. The minimum Gasteiger partial charge on any atom is -0.496 e. The number of rotatable bonds is 3. The number of fused-ring (bicyclic) bond motifs is 2. The van der Waals surface area contributed by atoms with Crippen LogP contribution in [0.2, 0.25) is 0 Å². The van der Waals surface area contributed by atoms with E-state index in [-0.39, 0.29) is 11.7 Å². The number of benzene rings is 2. The van der Waals surface area contributed by atoms with Crippen molar-refractivity contribution in [1.29, 1.82) is 5.26 Å². The van der Waals surface area contributed by atoms with Crippen LogP contribution in [0.1, 0.15) is 27.4 Å². The smallest absolute Gasteiger partial charge is 0.269 e. The zero-order chi connectivity index (χ0) is 17.6. The van der Waals surface area contributed by atoms with E-state index in [9.17, 15) is 4.79 Å². The average molecular weight is 331 g/mol. The summed E-state index contributed by atoms with van der Waals surface area (Å²) < 4.78 is 11.0. The number of nitrogens with zero attached hydrogens (tertiary/aromatic N) is 2. The quantitative estimate of drug-likeness (QED) is 0.577. The van der Waals surface area contributed by atoms with Gasteiger partial charge in [-0.15, -0.1) is 0 Å². The molecule has 0 aliphatic heterocycles. The summed E-state index contributed by atoms with van der Waals surface area (Å²) in [4.78, 5) is 20.4. The van der Waals surface area contributed by atoms with Gasteiger partial charge in [0.15, 0.2) is 5.58 Å². The standard InChI is InChI=1S/C19H13N3O3/c1-10-7-15(24-2)16(12-5-6-21-17(10)12)18(23)19-22-13-8-11(9-20)3-4-14(13)25-19/h3-8,21H,1-2H3. The van der Waals surface area contributed by atoms with E-state index in [4.69, 9.17) is 14.4 Å². The Morgan fingerprint density at radius 1 is 1.32 bits per heavy atom. The number of ether oxygens (including phenoxy) is 1. The molecule has 4 aromatic rings. The monoisotopic (exact) mass is 331 g/mol. The van der Waals surface area contributed by atoms with E-state index in [2.05, 4.69) is 9.97 Å². The highest BCUT2D eigenvalue weighted by Gasteiger charge is 2.24. The van der Waals surface area contributed by atoms with Gasteiger partial charge in [-0.3, -0.25) is 4.79 Å². The van der Waals surface area contributed by atoms with Crippen LogP contribution in [0, 0.1) is 18.3 Å². The van der Waals surface area contributed by atoms with Crippen LogP contribution in [0.5, 0.6) is 5.75 Å². The highest BCUT2D eigenvalue weighted by atomic mass is 16.5. The van der Waals surface area contributed by atoms with Gasteiger partial charge in [-0.05, 0) is 42.8 Å². The molecule has 0 bridgehead atoms. The summed E-state index contributed by atoms with van der Waals surface area (Å²) in [6, 6.07) is 10.5. The maximum absolute atomic E-state index is 13.1. The van der Waals surface area contributed by atoms with Crippen LogP contribution in [0.15, 0.2) is 40.9 Å². The maximum Gasteiger partial charge on any atom is 0.269 e. The molecule has 0 aliphatic rings. The second kappa shape index (κ2) is 5.49. The third kappa shape index (κ3) is 2.25. The van der Waals surface area contributed by atoms with Crippen molar-refractivity contribution in [1.82, 2.24) is 9.97 Å². The molecule has 2 aromatic heterocycles. The summed E-state index contributed by atoms with van der Waals surface area (Å²) in [5.74, 6) is 0.0699. The summed E-state index contributed by atoms with van der Waals surface area (Å²) in [6.07, 6.45) is 1.78. The molecule has 122 valence electrons. The molecule has 0 aliphatic carbocycles. The van der Waals surface area contributed by atoms with E-state index in [1.54, 1.807) is 24.4 Å². The lowest BCUT2D eigenvalue weighted by molar-refractivity contribution is 0.100. The summed E-state index contributed by atoms with van der Waals surface area (Å²) in [7, 11) is 1.52. The van der Waals surface area contributed by atoms with Gasteiger partial charge >= 0.3 is 0 Å². The number of aromatic nitrogens is 2. The Morgan fingerprint density at radius 3 is 2.92 bits per heavy atom. The number of hydrogen-bond donors (Lipinski definition) is 1. The summed E-state index contributed by atoms with van der Waals surface area (Å²) >= 11 is 0. The summed E-state index contributed by atoms with van der Waals surface area (Å²) in [6.45, 7) is 1.94. The van der Waals surface area contributed by atoms with E-state index < -0.39 is 0 Å². The topological polar surface area (TPSA) is 91.9 Å². The third-order valence-corrected chi connectivity index (χ3v) is 4.16. The van der Waals surface area contributed by atoms with Crippen molar-refractivity contribution in [3.05, 3.63) is 59.1 Å². The molecular weight excluding hydrogens is 318 g/mol. The van der Waals surface area contributed by atoms with E-state index in [0.717, 1.165) is 16.5 Å². The molecule has 4 rings (SSSR count). The van der Waals surface area contributed by atoms with Crippen LogP contribution >= 0.6 is 0 Å². The van der Waals surface area contributed by atoms with Gasteiger partial charge in [0.2, 0.25) is 0 Å². The highest BCUT2D eigenvalue weighted by molar-refractivity contribution is 6.17. The molecule has 1 N–H and O–H groups in total. The number of carbonyl (C=O) groups excluding carboxylic acids is 1. The van der Waals surface area contributed by atoms with Crippen LogP contribution in [0.25, 0.3) is 22.0 Å². The molecule has 0 unspecified atom stereocenters. The molecule has 0 saturated heterocycles. The molecular formula is C19H13N3O3. The van der Waals surface area contributed by atoms with Crippen molar-refractivity contribution in [3.8, 4) is 11.8 Å². The van der Waals surface area contributed by atoms with Crippen molar-refractivity contribution in [2.24, 2.45) is 0 Å². The molecule has 0 fully saturated rings. The Labute approximate surface area is 142 Å². The summed E-state index contributed by atoms with van der Waals surface area (Å²) in [5.41, 5.74) is 3.63. The Morgan fingerprint density at radius 2 is 2.16 bits per heavy atom. The molecule has 0 spiro atoms. The van der Waals surface area contributed by atoms with Gasteiger partial charge in [0.1, 0.15) is 11.3 Å². The molecule has 2 heterocycles. The van der Waals surface area contributed by atoms with Crippen molar-refractivity contribution in [3.63, 3.8) is 0 Å². The first-order chi connectivity index (χ1) is 12.1. The van der Waals surface area contributed by atoms with Gasteiger partial charge in [-0.2, -0.15) is 5.26 Å². The lowest BCUT2D eigenvalue weighted by Gasteiger charge is -2.09. The number of oxazole rings is 1. The lowest BCUT2D eigenvalue weighted by atomic mass is 10.0. The molecule has 0 atom stereocenters. The number of aromatic amines is 1. The first kappa shape index (κ1) is 15.0. The van der Waals surface area contributed by atoms with Gasteiger partial charge in [0.05, 0.1) is 24.3 Å². The fraction of sp³-hybridized carbons (Fsp3) is 0.105. The Bertz CT molecular complexity index is 1180. The molecule has 0 radical (unpaired) electrons. The Kier molecular flexibility index (Phi) is 3.29. The Balaban J connectivity index is 1.92. The number of carbonyl (C=O) groups is 1. The third-order valence-electron chi connectivity index (χ3n) is 4.16. The number of methoxy groups -OCH3 is 1. The van der Waals surface area contributed by atoms with Gasteiger partial charge in [0, 0.05) is 17.1 Å². The van der Waals surface area contributed by atoms with Crippen LogP contribution in [0.4, 0.5) is 0 Å². The Hall–Kier alpha value is -3.59. The van der Waals surface area contributed by atoms with Crippen LogP contribution < -0.4 is 4.74 Å².